The molecule has 0 aliphatic carbocycles. The van der Waals surface area contributed by atoms with Crippen LogP contribution in [-0.4, -0.2) is 59.4 Å². The lowest BCUT2D eigenvalue weighted by Gasteiger charge is -2.51. The fourth-order valence-electron chi connectivity index (χ4n) is 5.03. The van der Waals surface area contributed by atoms with Gasteiger partial charge in [-0.15, -0.1) is 6.58 Å². The van der Waals surface area contributed by atoms with Crippen LogP contribution in [0.1, 0.15) is 57.9 Å². The van der Waals surface area contributed by atoms with Gasteiger partial charge in [-0.2, -0.15) is 0 Å². The van der Waals surface area contributed by atoms with Crippen LogP contribution in [0.2, 0.25) is 0 Å². The van der Waals surface area contributed by atoms with Gasteiger partial charge in [-0.1, -0.05) is 56.7 Å². The highest BCUT2D eigenvalue weighted by Crippen LogP contribution is 2.34. The molecule has 0 bridgehead atoms. The number of piperidine rings is 1. The van der Waals surface area contributed by atoms with Crippen molar-refractivity contribution in [1.82, 2.24) is 15.1 Å². The summed E-state index contributed by atoms with van der Waals surface area (Å²) in [7, 11) is 0. The second kappa shape index (κ2) is 10.9. The van der Waals surface area contributed by atoms with Gasteiger partial charge >= 0.3 is 0 Å². The Balaban J connectivity index is 1.49. The van der Waals surface area contributed by atoms with Crippen molar-refractivity contribution in [2.45, 2.75) is 70.4 Å². The predicted molar refractivity (Wildman–Crippen MR) is 126 cm³/mol. The largest absolute Gasteiger partial charge is 0.342 e. The van der Waals surface area contributed by atoms with Gasteiger partial charge in [0, 0.05) is 19.6 Å². The number of aryl methyl sites for hydroxylation is 1. The van der Waals surface area contributed by atoms with Crippen LogP contribution in [0.25, 0.3) is 0 Å². The number of carbonyl (C=O) groups is 2. The molecule has 2 aliphatic heterocycles. The maximum absolute atomic E-state index is 13.2. The summed E-state index contributed by atoms with van der Waals surface area (Å²) in [4.78, 5) is 30.6. The normalized spacial score (nSPS) is 21.5. The highest BCUT2D eigenvalue weighted by Gasteiger charge is 2.53. The van der Waals surface area contributed by atoms with Crippen LogP contribution >= 0.6 is 0 Å². The molecule has 1 aromatic carbocycles. The molecule has 2 heterocycles. The second-order valence-electron chi connectivity index (χ2n) is 9.56. The van der Waals surface area contributed by atoms with E-state index in [4.69, 9.17) is 0 Å². The molecule has 1 N–H and O–H groups in total. The third-order valence-electron chi connectivity index (χ3n) is 6.79. The maximum Gasteiger partial charge on any atom is 0.246 e. The van der Waals surface area contributed by atoms with E-state index in [1.165, 1.54) is 24.8 Å². The molecule has 170 valence electrons. The number of likely N-dealkylation sites (tertiary alicyclic amines) is 1. The summed E-state index contributed by atoms with van der Waals surface area (Å²) in [6, 6.07) is 10.3. The first-order valence-electron chi connectivity index (χ1n) is 12.0. The van der Waals surface area contributed by atoms with Crippen molar-refractivity contribution in [2.24, 2.45) is 5.92 Å². The summed E-state index contributed by atoms with van der Waals surface area (Å²) in [6.45, 7) is 11.2. The van der Waals surface area contributed by atoms with Crippen LogP contribution in [0.5, 0.6) is 0 Å². The average Bonchev–Trinajstić information content (AvgIpc) is 2.76. The van der Waals surface area contributed by atoms with Gasteiger partial charge in [0.2, 0.25) is 11.8 Å². The first-order valence-corrected chi connectivity index (χ1v) is 12.0. The van der Waals surface area contributed by atoms with E-state index in [1.54, 1.807) is 6.08 Å². The van der Waals surface area contributed by atoms with Crippen LogP contribution in [0, 0.1) is 5.92 Å². The zero-order chi connectivity index (χ0) is 22.3. The lowest BCUT2D eigenvalue weighted by atomic mass is 9.81. The Hall–Kier alpha value is -2.14. The number of hydrogen-bond donors (Lipinski definition) is 1. The van der Waals surface area contributed by atoms with Crippen LogP contribution < -0.4 is 5.32 Å². The van der Waals surface area contributed by atoms with Gasteiger partial charge in [0.05, 0.1) is 0 Å². The summed E-state index contributed by atoms with van der Waals surface area (Å²) < 4.78 is 0. The molecule has 0 unspecified atom stereocenters. The topological polar surface area (TPSA) is 52.7 Å². The van der Waals surface area contributed by atoms with E-state index in [0.29, 0.717) is 31.7 Å². The lowest BCUT2D eigenvalue weighted by Crippen LogP contribution is -2.72. The second-order valence-corrected chi connectivity index (χ2v) is 9.56. The molecule has 1 atom stereocenters. The Morgan fingerprint density at radius 1 is 1.13 bits per heavy atom. The summed E-state index contributed by atoms with van der Waals surface area (Å²) in [5.74, 6) is 0.447. The van der Waals surface area contributed by atoms with Gasteiger partial charge in [0.15, 0.2) is 0 Å². The third-order valence-corrected chi connectivity index (χ3v) is 6.79. The van der Waals surface area contributed by atoms with Gasteiger partial charge in [0.25, 0.3) is 0 Å². The van der Waals surface area contributed by atoms with Crippen molar-refractivity contribution in [3.8, 4) is 0 Å². The number of rotatable bonds is 10. The Morgan fingerprint density at radius 3 is 2.48 bits per heavy atom. The fourth-order valence-corrected chi connectivity index (χ4v) is 5.03. The van der Waals surface area contributed by atoms with Gasteiger partial charge < -0.3 is 15.1 Å². The van der Waals surface area contributed by atoms with E-state index in [9.17, 15) is 9.59 Å². The van der Waals surface area contributed by atoms with Crippen molar-refractivity contribution in [3.63, 3.8) is 0 Å². The number of piperazine rings is 1. The monoisotopic (exact) mass is 425 g/mol. The van der Waals surface area contributed by atoms with Crippen molar-refractivity contribution >= 4 is 11.8 Å². The quantitative estimate of drug-likeness (QED) is 0.458. The fraction of sp³-hybridized carbons (Fsp3) is 0.615. The Kier molecular flexibility index (Phi) is 8.30. The molecule has 3 rings (SSSR count). The molecule has 5 nitrogen and oxygen atoms in total. The van der Waals surface area contributed by atoms with Crippen molar-refractivity contribution in [1.29, 1.82) is 0 Å². The SMILES string of the molecule is C=CCN1C(=O)[C@H](CC(C)C)NC(=O)C12CCN(CCCCCc1ccccc1)CC2. The number of nitrogens with one attached hydrogen (secondary N) is 1. The number of unbranched alkanes of at least 4 members (excludes halogenated alkanes) is 2. The first kappa shape index (κ1) is 23.5. The molecule has 5 heteroatoms. The van der Waals surface area contributed by atoms with Crippen LogP contribution in [0.3, 0.4) is 0 Å². The van der Waals surface area contributed by atoms with E-state index in [0.717, 1.165) is 26.1 Å². The smallest absolute Gasteiger partial charge is 0.246 e. The molecule has 2 saturated heterocycles. The van der Waals surface area contributed by atoms with E-state index in [-0.39, 0.29) is 11.8 Å². The summed E-state index contributed by atoms with van der Waals surface area (Å²) in [5.41, 5.74) is 0.705. The standard InChI is InChI=1S/C26H39N3O2/c1-4-16-29-24(30)23(20-21(2)3)27-25(31)26(29)14-18-28(19-15-26)17-10-6-9-13-22-11-7-5-8-12-22/h4-5,7-8,11-12,21,23H,1,6,9-10,13-20H2,2-3H3,(H,27,31)/t23-/m0/s1. The highest BCUT2D eigenvalue weighted by atomic mass is 16.2. The van der Waals surface area contributed by atoms with Crippen molar-refractivity contribution in [2.75, 3.05) is 26.2 Å². The zero-order valence-corrected chi connectivity index (χ0v) is 19.3. The molecule has 2 aliphatic rings. The molecule has 1 spiro atoms. The molecule has 2 fully saturated rings. The number of carbonyl (C=O) groups excluding carboxylic acids is 2. The van der Waals surface area contributed by atoms with Gasteiger partial charge in [0.1, 0.15) is 11.6 Å². The van der Waals surface area contributed by atoms with Gasteiger partial charge in [-0.05, 0) is 56.6 Å². The van der Waals surface area contributed by atoms with Crippen molar-refractivity contribution < 1.29 is 9.59 Å². The molecule has 2 amide bonds. The zero-order valence-electron chi connectivity index (χ0n) is 19.3. The van der Waals surface area contributed by atoms with E-state index < -0.39 is 11.6 Å². The van der Waals surface area contributed by atoms with Crippen LogP contribution in [0.4, 0.5) is 0 Å². The van der Waals surface area contributed by atoms with E-state index >= 15 is 0 Å². The molecular formula is C26H39N3O2. The molecule has 0 saturated carbocycles. The highest BCUT2D eigenvalue weighted by molar-refractivity contribution is 6.00. The first-order chi connectivity index (χ1) is 15.0. The molecule has 0 radical (unpaired) electrons. The van der Waals surface area contributed by atoms with Crippen molar-refractivity contribution in [3.05, 3.63) is 48.6 Å². The van der Waals surface area contributed by atoms with Crippen LogP contribution in [-0.2, 0) is 16.0 Å². The average molecular weight is 426 g/mol. The maximum atomic E-state index is 13.2. The third kappa shape index (κ3) is 5.76. The van der Waals surface area contributed by atoms with Gasteiger partial charge in [-0.3, -0.25) is 9.59 Å². The minimum absolute atomic E-state index is 0.0297. The summed E-state index contributed by atoms with van der Waals surface area (Å²) >= 11 is 0. The number of hydrogen-bond acceptors (Lipinski definition) is 3. The summed E-state index contributed by atoms with van der Waals surface area (Å²) in [5, 5.41) is 3.05. The molecule has 0 aromatic heterocycles. The Labute approximate surface area is 187 Å². The molecular weight excluding hydrogens is 386 g/mol. The minimum atomic E-state index is -0.706. The number of benzene rings is 1. The Bertz CT molecular complexity index is 738. The lowest BCUT2D eigenvalue weighted by molar-refractivity contribution is -0.160. The molecule has 1 aromatic rings. The summed E-state index contributed by atoms with van der Waals surface area (Å²) in [6.07, 6.45) is 8.59. The van der Waals surface area contributed by atoms with E-state index in [1.807, 2.05) is 4.90 Å². The van der Waals surface area contributed by atoms with E-state index in [2.05, 4.69) is 61.0 Å². The van der Waals surface area contributed by atoms with Gasteiger partial charge in [-0.25, -0.2) is 0 Å². The Morgan fingerprint density at radius 2 is 1.84 bits per heavy atom. The number of nitrogens with zero attached hydrogens (tertiary/aromatic N) is 2. The molecule has 31 heavy (non-hydrogen) atoms. The number of amides is 2. The van der Waals surface area contributed by atoms with Crippen LogP contribution in [0.15, 0.2) is 43.0 Å². The minimum Gasteiger partial charge on any atom is -0.342 e. The predicted octanol–water partition coefficient (Wildman–Crippen LogP) is 3.79.